The van der Waals surface area contributed by atoms with Crippen LogP contribution < -0.4 is 4.74 Å². The number of benzene rings is 1. The first-order chi connectivity index (χ1) is 12.5. The van der Waals surface area contributed by atoms with Crippen LogP contribution in [0.4, 0.5) is 0 Å². The van der Waals surface area contributed by atoms with Crippen molar-refractivity contribution in [1.29, 1.82) is 0 Å². The van der Waals surface area contributed by atoms with Gasteiger partial charge in [-0.1, -0.05) is 23.5 Å². The van der Waals surface area contributed by atoms with Crippen LogP contribution in [0.5, 0.6) is 5.19 Å². The van der Waals surface area contributed by atoms with Crippen molar-refractivity contribution >= 4 is 38.8 Å². The van der Waals surface area contributed by atoms with Crippen molar-refractivity contribution in [3.63, 3.8) is 0 Å². The van der Waals surface area contributed by atoms with Gasteiger partial charge in [-0.05, 0) is 32.4 Å². The third kappa shape index (κ3) is 3.33. The number of rotatable bonds is 3. The third-order valence-electron chi connectivity index (χ3n) is 4.70. The highest BCUT2D eigenvalue weighted by Gasteiger charge is 2.27. The van der Waals surface area contributed by atoms with Crippen LogP contribution in [-0.2, 0) is 0 Å². The van der Waals surface area contributed by atoms with Gasteiger partial charge in [0, 0.05) is 25.9 Å². The molecule has 1 aliphatic heterocycles. The minimum Gasteiger partial charge on any atom is -0.467 e. The number of fused-ring (bicyclic) bond motifs is 1. The molecule has 0 unspecified atom stereocenters. The Balaban J connectivity index is 1.39. The van der Waals surface area contributed by atoms with Crippen LogP contribution in [0.2, 0.25) is 0 Å². The number of piperidine rings is 1. The first kappa shape index (κ1) is 17.4. The smallest absolute Gasteiger partial charge is 0.274 e. The summed E-state index contributed by atoms with van der Waals surface area (Å²) >= 11 is 3.07. The number of amides is 1. The van der Waals surface area contributed by atoms with Crippen LogP contribution >= 0.6 is 22.7 Å². The summed E-state index contributed by atoms with van der Waals surface area (Å²) in [6.45, 7) is 7.34. The number of thiazole rings is 2. The minimum absolute atomic E-state index is 0.0992. The highest BCUT2D eigenvalue weighted by molar-refractivity contribution is 7.20. The predicted octanol–water partition coefficient (Wildman–Crippen LogP) is 4.36. The summed E-state index contributed by atoms with van der Waals surface area (Å²) in [5, 5.41) is 1.67. The second-order valence-electron chi connectivity index (χ2n) is 6.66. The van der Waals surface area contributed by atoms with E-state index in [4.69, 9.17) is 4.74 Å². The van der Waals surface area contributed by atoms with Gasteiger partial charge < -0.3 is 9.64 Å². The molecule has 0 saturated carbocycles. The fourth-order valence-corrected chi connectivity index (χ4v) is 5.16. The van der Waals surface area contributed by atoms with Gasteiger partial charge in [0.1, 0.15) is 11.0 Å². The number of nitrogens with zero attached hydrogens (tertiary/aromatic N) is 3. The van der Waals surface area contributed by atoms with Crippen molar-refractivity contribution in [2.75, 3.05) is 13.1 Å². The van der Waals surface area contributed by atoms with Crippen molar-refractivity contribution in [3.05, 3.63) is 39.3 Å². The molecule has 1 aromatic carbocycles. The predicted molar refractivity (Wildman–Crippen MR) is 105 cm³/mol. The van der Waals surface area contributed by atoms with Crippen molar-refractivity contribution in [1.82, 2.24) is 14.9 Å². The van der Waals surface area contributed by atoms with E-state index in [0.29, 0.717) is 13.1 Å². The summed E-state index contributed by atoms with van der Waals surface area (Å²) in [5.74, 6) is 0.0992. The van der Waals surface area contributed by atoms with Crippen LogP contribution in [0, 0.1) is 20.8 Å². The maximum atomic E-state index is 12.7. The molecule has 26 heavy (non-hydrogen) atoms. The maximum Gasteiger partial charge on any atom is 0.274 e. The quantitative estimate of drug-likeness (QED) is 0.670. The largest absolute Gasteiger partial charge is 0.467 e. The molecule has 3 aromatic rings. The normalized spacial score (nSPS) is 15.6. The molecule has 136 valence electrons. The van der Waals surface area contributed by atoms with E-state index in [9.17, 15) is 4.79 Å². The van der Waals surface area contributed by atoms with Crippen LogP contribution in [0.3, 0.4) is 0 Å². The van der Waals surface area contributed by atoms with Gasteiger partial charge in [0.05, 0.1) is 20.9 Å². The van der Waals surface area contributed by atoms with Gasteiger partial charge in [0.2, 0.25) is 0 Å². The molecule has 0 atom stereocenters. The lowest BCUT2D eigenvalue weighted by Crippen LogP contribution is -2.41. The molecule has 0 radical (unpaired) electrons. The van der Waals surface area contributed by atoms with E-state index in [1.54, 1.807) is 11.3 Å². The Morgan fingerprint density at radius 2 is 1.92 bits per heavy atom. The van der Waals surface area contributed by atoms with Crippen molar-refractivity contribution in [2.24, 2.45) is 0 Å². The van der Waals surface area contributed by atoms with Crippen LogP contribution in [0.25, 0.3) is 10.2 Å². The number of likely N-dealkylation sites (tertiary alicyclic amines) is 1. The van der Waals surface area contributed by atoms with Crippen LogP contribution in [0.15, 0.2) is 18.2 Å². The number of carbonyl (C=O) groups is 1. The Bertz CT molecular complexity index is 955. The average Bonchev–Trinajstić information content (AvgIpc) is 3.18. The number of hydrogen-bond acceptors (Lipinski definition) is 6. The molecule has 3 heterocycles. The van der Waals surface area contributed by atoms with E-state index in [2.05, 4.69) is 29.0 Å². The van der Waals surface area contributed by atoms with Crippen LogP contribution in [-0.4, -0.2) is 40.0 Å². The van der Waals surface area contributed by atoms with E-state index in [-0.39, 0.29) is 12.0 Å². The van der Waals surface area contributed by atoms with Crippen molar-refractivity contribution in [3.8, 4) is 5.19 Å². The molecule has 1 amide bonds. The highest BCUT2D eigenvalue weighted by atomic mass is 32.1. The molecule has 0 bridgehead atoms. The van der Waals surface area contributed by atoms with Gasteiger partial charge in [-0.2, -0.15) is 0 Å². The summed E-state index contributed by atoms with van der Waals surface area (Å²) in [5.41, 5.74) is 3.03. The Kier molecular flexibility index (Phi) is 4.67. The fraction of sp³-hybridized carbons (Fsp3) is 0.421. The lowest BCUT2D eigenvalue weighted by Gasteiger charge is -2.31. The first-order valence-electron chi connectivity index (χ1n) is 8.77. The molecule has 0 N–H and O–H groups in total. The molecule has 7 heteroatoms. The number of ether oxygens (including phenoxy) is 1. The number of carbonyl (C=O) groups excluding carboxylic acids is 1. The van der Waals surface area contributed by atoms with Crippen molar-refractivity contribution < 1.29 is 9.53 Å². The Hall–Kier alpha value is -1.99. The standard InChI is InChI=1S/C19H21N3O2S2/c1-11-5-4-6-15-16(11)21-19(26-15)24-14-7-9-22(10-8-14)18(23)17-12(2)20-13(3)25-17/h4-6,14H,7-10H2,1-3H3. The second-order valence-corrected chi connectivity index (χ2v) is 8.85. The molecule has 1 aliphatic rings. The Labute approximate surface area is 160 Å². The molecule has 2 aromatic heterocycles. The molecule has 1 fully saturated rings. The first-order valence-corrected chi connectivity index (χ1v) is 10.4. The van der Waals surface area contributed by atoms with Gasteiger partial charge in [-0.25, -0.2) is 9.97 Å². The lowest BCUT2D eigenvalue weighted by atomic mass is 10.1. The van der Waals surface area contributed by atoms with Crippen LogP contribution in [0.1, 0.15) is 38.8 Å². The summed E-state index contributed by atoms with van der Waals surface area (Å²) in [6, 6.07) is 6.19. The summed E-state index contributed by atoms with van der Waals surface area (Å²) in [4.78, 5) is 24.4. The number of para-hydroxylation sites is 1. The molecule has 5 nitrogen and oxygen atoms in total. The molecule has 0 spiro atoms. The highest BCUT2D eigenvalue weighted by Crippen LogP contribution is 2.31. The molecular weight excluding hydrogens is 366 g/mol. The summed E-state index contributed by atoms with van der Waals surface area (Å²) in [6.07, 6.45) is 1.78. The Morgan fingerprint density at radius 1 is 1.15 bits per heavy atom. The number of hydrogen-bond donors (Lipinski definition) is 0. The second kappa shape index (κ2) is 6.96. The third-order valence-corrected chi connectivity index (χ3v) is 6.67. The van der Waals surface area contributed by atoms with Gasteiger partial charge >= 0.3 is 0 Å². The average molecular weight is 388 g/mol. The van der Waals surface area contributed by atoms with E-state index < -0.39 is 0 Å². The zero-order valence-electron chi connectivity index (χ0n) is 15.1. The van der Waals surface area contributed by atoms with E-state index in [1.807, 2.05) is 24.8 Å². The van der Waals surface area contributed by atoms with E-state index in [1.165, 1.54) is 16.9 Å². The van der Waals surface area contributed by atoms with Gasteiger partial charge in [0.25, 0.3) is 11.1 Å². The van der Waals surface area contributed by atoms with E-state index >= 15 is 0 Å². The molecule has 4 rings (SSSR count). The minimum atomic E-state index is 0.0992. The fourth-order valence-electron chi connectivity index (χ4n) is 3.31. The lowest BCUT2D eigenvalue weighted by molar-refractivity contribution is 0.0599. The number of aryl methyl sites for hydroxylation is 3. The monoisotopic (exact) mass is 387 g/mol. The topological polar surface area (TPSA) is 55.3 Å². The SMILES string of the molecule is Cc1nc(C)c(C(=O)N2CCC(Oc3nc4c(C)cccc4s3)CC2)s1. The molecule has 1 saturated heterocycles. The summed E-state index contributed by atoms with van der Waals surface area (Å²) in [7, 11) is 0. The number of aromatic nitrogens is 2. The maximum absolute atomic E-state index is 12.7. The molecular formula is C19H21N3O2S2. The van der Waals surface area contributed by atoms with Gasteiger partial charge in [-0.15, -0.1) is 11.3 Å². The van der Waals surface area contributed by atoms with Gasteiger partial charge in [-0.3, -0.25) is 4.79 Å². The zero-order valence-corrected chi connectivity index (χ0v) is 16.7. The molecule has 0 aliphatic carbocycles. The van der Waals surface area contributed by atoms with E-state index in [0.717, 1.165) is 43.8 Å². The Morgan fingerprint density at radius 3 is 2.58 bits per heavy atom. The van der Waals surface area contributed by atoms with Gasteiger partial charge in [0.15, 0.2) is 0 Å². The zero-order chi connectivity index (χ0) is 18.3. The summed E-state index contributed by atoms with van der Waals surface area (Å²) < 4.78 is 7.27. The van der Waals surface area contributed by atoms with Crippen molar-refractivity contribution in [2.45, 2.75) is 39.7 Å².